The maximum atomic E-state index is 12.0. The third kappa shape index (κ3) is 5.27. The van der Waals surface area contributed by atoms with Gasteiger partial charge in [-0.15, -0.1) is 0 Å². The summed E-state index contributed by atoms with van der Waals surface area (Å²) in [6.45, 7) is 8.47. The van der Waals surface area contributed by atoms with Crippen LogP contribution in [0.25, 0.3) is 0 Å². The van der Waals surface area contributed by atoms with Gasteiger partial charge in [0.25, 0.3) is 5.91 Å². The predicted molar refractivity (Wildman–Crippen MR) is 98.6 cm³/mol. The highest BCUT2D eigenvalue weighted by Gasteiger charge is 2.15. The fraction of sp³-hybridized carbons (Fsp3) is 0.350. The molecule has 0 radical (unpaired) electrons. The van der Waals surface area contributed by atoms with Crippen LogP contribution in [-0.4, -0.2) is 12.5 Å². The van der Waals surface area contributed by atoms with E-state index < -0.39 is 0 Å². The Morgan fingerprint density at radius 1 is 1.17 bits per heavy atom. The molecule has 0 unspecified atom stereocenters. The van der Waals surface area contributed by atoms with Gasteiger partial charge >= 0.3 is 0 Å². The van der Waals surface area contributed by atoms with Crippen LogP contribution in [0.4, 0.5) is 0 Å². The maximum Gasteiger partial charge on any atom is 0.258 e. The lowest BCUT2D eigenvalue weighted by atomic mass is 9.86. The van der Waals surface area contributed by atoms with Gasteiger partial charge in [-0.05, 0) is 41.7 Å². The molecule has 0 heterocycles. The Hall–Kier alpha value is -2.00. The molecule has 0 bridgehead atoms. The molecule has 2 rings (SSSR count). The molecule has 0 saturated carbocycles. The molecule has 24 heavy (non-hydrogen) atoms. The Labute approximate surface area is 149 Å². The molecule has 0 aliphatic carbocycles. The van der Waals surface area contributed by atoms with E-state index in [0.29, 0.717) is 10.8 Å². The van der Waals surface area contributed by atoms with Crippen molar-refractivity contribution in [1.82, 2.24) is 5.32 Å². The lowest BCUT2D eigenvalue weighted by Crippen LogP contribution is -2.31. The van der Waals surface area contributed by atoms with Crippen LogP contribution in [0.3, 0.4) is 0 Å². The minimum Gasteiger partial charge on any atom is -0.484 e. The van der Waals surface area contributed by atoms with Crippen LogP contribution in [0, 0.1) is 0 Å². The summed E-state index contributed by atoms with van der Waals surface area (Å²) < 4.78 is 5.45. The first-order chi connectivity index (χ1) is 11.3. The Balaban J connectivity index is 1.89. The van der Waals surface area contributed by atoms with Gasteiger partial charge in [-0.25, -0.2) is 0 Å². The van der Waals surface area contributed by atoms with Crippen LogP contribution < -0.4 is 10.1 Å². The van der Waals surface area contributed by atoms with Gasteiger partial charge in [0.15, 0.2) is 6.61 Å². The number of halogens is 1. The molecule has 0 aromatic heterocycles. The van der Waals surface area contributed by atoms with E-state index in [0.717, 1.165) is 5.56 Å². The van der Waals surface area contributed by atoms with E-state index in [1.807, 2.05) is 6.92 Å². The molecule has 0 saturated heterocycles. The molecule has 3 nitrogen and oxygen atoms in total. The highest BCUT2D eigenvalue weighted by atomic mass is 35.5. The van der Waals surface area contributed by atoms with E-state index in [4.69, 9.17) is 16.3 Å². The van der Waals surface area contributed by atoms with E-state index in [-0.39, 0.29) is 24.0 Å². The number of rotatable bonds is 5. The fourth-order valence-corrected chi connectivity index (χ4v) is 2.52. The molecule has 2 aromatic rings. The van der Waals surface area contributed by atoms with Crippen molar-refractivity contribution in [3.8, 4) is 5.75 Å². The molecule has 4 heteroatoms. The summed E-state index contributed by atoms with van der Waals surface area (Å²) in [5, 5.41) is 3.53. The highest BCUT2D eigenvalue weighted by Crippen LogP contribution is 2.24. The van der Waals surface area contributed by atoms with E-state index >= 15 is 0 Å². The summed E-state index contributed by atoms with van der Waals surface area (Å²) in [4.78, 5) is 12.0. The van der Waals surface area contributed by atoms with Crippen LogP contribution in [0.2, 0.25) is 5.02 Å². The van der Waals surface area contributed by atoms with Crippen LogP contribution in [0.15, 0.2) is 48.5 Å². The number of carbonyl (C=O) groups excluding carboxylic acids is 1. The van der Waals surface area contributed by atoms with Crippen molar-refractivity contribution in [2.24, 2.45) is 0 Å². The zero-order chi connectivity index (χ0) is 17.7. The molecule has 128 valence electrons. The number of amides is 1. The van der Waals surface area contributed by atoms with Gasteiger partial charge in [-0.2, -0.15) is 0 Å². The van der Waals surface area contributed by atoms with Gasteiger partial charge in [0.2, 0.25) is 0 Å². The van der Waals surface area contributed by atoms with Crippen molar-refractivity contribution in [3.05, 3.63) is 64.7 Å². The summed E-state index contributed by atoms with van der Waals surface area (Å²) >= 11 is 5.89. The highest BCUT2D eigenvalue weighted by molar-refractivity contribution is 6.30. The largest absolute Gasteiger partial charge is 0.484 e. The Bertz CT molecular complexity index is 690. The zero-order valence-corrected chi connectivity index (χ0v) is 15.4. The molecule has 2 aromatic carbocycles. The van der Waals surface area contributed by atoms with Gasteiger partial charge < -0.3 is 10.1 Å². The summed E-state index contributed by atoms with van der Waals surface area (Å²) in [5.41, 5.74) is 2.46. The normalized spacial score (nSPS) is 12.5. The molecule has 1 amide bonds. The zero-order valence-electron chi connectivity index (χ0n) is 14.6. The predicted octanol–water partition coefficient (Wildman–Crippen LogP) is 4.89. The maximum absolute atomic E-state index is 12.0. The monoisotopic (exact) mass is 345 g/mol. The van der Waals surface area contributed by atoms with Crippen LogP contribution in [0.5, 0.6) is 5.75 Å². The third-order valence-corrected chi connectivity index (χ3v) is 4.06. The summed E-state index contributed by atoms with van der Waals surface area (Å²) in [7, 11) is 0. The second kappa shape index (κ2) is 7.71. The molecule has 1 atom stereocenters. The topological polar surface area (TPSA) is 38.3 Å². The fourth-order valence-electron chi connectivity index (χ4n) is 2.34. The van der Waals surface area contributed by atoms with Crippen molar-refractivity contribution >= 4 is 17.5 Å². The second-order valence-electron chi connectivity index (χ2n) is 6.91. The van der Waals surface area contributed by atoms with Gasteiger partial charge in [0.05, 0.1) is 6.04 Å². The Morgan fingerprint density at radius 3 is 2.42 bits per heavy atom. The smallest absolute Gasteiger partial charge is 0.258 e. The van der Waals surface area contributed by atoms with Gasteiger partial charge in [-0.1, -0.05) is 62.7 Å². The third-order valence-electron chi connectivity index (χ3n) is 3.82. The van der Waals surface area contributed by atoms with Gasteiger partial charge in [-0.3, -0.25) is 4.79 Å². The van der Waals surface area contributed by atoms with Crippen molar-refractivity contribution in [2.75, 3.05) is 6.61 Å². The van der Waals surface area contributed by atoms with Gasteiger partial charge in [0, 0.05) is 5.02 Å². The molecule has 0 fully saturated rings. The lowest BCUT2D eigenvalue weighted by Gasteiger charge is -2.20. The van der Waals surface area contributed by atoms with Crippen molar-refractivity contribution in [2.45, 2.75) is 39.2 Å². The van der Waals surface area contributed by atoms with Crippen molar-refractivity contribution in [1.29, 1.82) is 0 Å². The molecule has 0 spiro atoms. The van der Waals surface area contributed by atoms with E-state index in [1.54, 1.807) is 24.3 Å². The van der Waals surface area contributed by atoms with E-state index in [1.165, 1.54) is 5.56 Å². The molecule has 0 aliphatic heterocycles. The number of carbonyl (C=O) groups is 1. The average molecular weight is 346 g/mol. The summed E-state index contributed by atoms with van der Waals surface area (Å²) in [6, 6.07) is 15.3. The number of hydrogen-bond acceptors (Lipinski definition) is 2. The van der Waals surface area contributed by atoms with Crippen LogP contribution in [0.1, 0.15) is 44.9 Å². The minimum atomic E-state index is -0.164. The first kappa shape index (κ1) is 18.3. The standard InChI is InChI=1S/C20H24ClNO2/c1-14(15-8-10-16(11-9-15)20(2,3)4)22-19(23)13-24-18-7-5-6-17(21)12-18/h5-12,14H,13H2,1-4H3,(H,22,23)/t14-/m1/s1. The van der Waals surface area contributed by atoms with E-state index in [9.17, 15) is 4.79 Å². The number of hydrogen-bond donors (Lipinski definition) is 1. The van der Waals surface area contributed by atoms with Crippen molar-refractivity contribution < 1.29 is 9.53 Å². The summed E-state index contributed by atoms with van der Waals surface area (Å²) in [6.07, 6.45) is 0. The van der Waals surface area contributed by atoms with Gasteiger partial charge in [0.1, 0.15) is 5.75 Å². The molecule has 0 aliphatic rings. The summed E-state index contributed by atoms with van der Waals surface area (Å²) in [5.74, 6) is 0.419. The Morgan fingerprint density at radius 2 is 1.83 bits per heavy atom. The first-order valence-corrected chi connectivity index (χ1v) is 8.41. The van der Waals surface area contributed by atoms with Crippen LogP contribution >= 0.6 is 11.6 Å². The SMILES string of the molecule is C[C@@H](NC(=O)COc1cccc(Cl)c1)c1ccc(C(C)(C)C)cc1. The number of ether oxygens (including phenoxy) is 1. The second-order valence-corrected chi connectivity index (χ2v) is 7.34. The molecule has 1 N–H and O–H groups in total. The first-order valence-electron chi connectivity index (χ1n) is 8.04. The number of nitrogens with one attached hydrogen (secondary N) is 1. The van der Waals surface area contributed by atoms with E-state index in [2.05, 4.69) is 50.4 Å². The minimum absolute atomic E-state index is 0.0369. The molecular weight excluding hydrogens is 322 g/mol. The Kier molecular flexibility index (Phi) is 5.89. The van der Waals surface area contributed by atoms with Crippen molar-refractivity contribution in [3.63, 3.8) is 0 Å². The number of benzene rings is 2. The van der Waals surface area contributed by atoms with Crippen LogP contribution in [-0.2, 0) is 10.2 Å². The average Bonchev–Trinajstić information content (AvgIpc) is 2.52. The quantitative estimate of drug-likeness (QED) is 0.837. The lowest BCUT2D eigenvalue weighted by molar-refractivity contribution is -0.123. The molecular formula is C20H24ClNO2.